The predicted octanol–water partition coefficient (Wildman–Crippen LogP) is 2.08. The van der Waals surface area contributed by atoms with Gasteiger partial charge in [-0.1, -0.05) is 41.9 Å². The topological polar surface area (TPSA) is 53.9 Å². The van der Waals surface area contributed by atoms with E-state index in [2.05, 4.69) is 19.4 Å². The molecule has 1 fully saturated rings. The average molecular weight is 387 g/mol. The zero-order valence-corrected chi connectivity index (χ0v) is 16.4. The quantitative estimate of drug-likeness (QED) is 0.798. The summed E-state index contributed by atoms with van der Waals surface area (Å²) in [4.78, 5) is 27.9. The van der Waals surface area contributed by atoms with Crippen molar-refractivity contribution in [3.63, 3.8) is 0 Å². The van der Waals surface area contributed by atoms with Crippen molar-refractivity contribution in [2.45, 2.75) is 18.9 Å². The number of nitrogens with zero attached hydrogens (tertiary/aromatic N) is 1. The molecule has 2 N–H and O–H groups in total. The van der Waals surface area contributed by atoms with E-state index < -0.39 is 0 Å². The molecule has 0 aliphatic carbocycles. The van der Waals surface area contributed by atoms with Gasteiger partial charge in [-0.15, -0.1) is 0 Å². The summed E-state index contributed by atoms with van der Waals surface area (Å²) in [6, 6.07) is 14.9. The number of hydrogen-bond donors (Lipinski definition) is 2. The third kappa shape index (κ3) is 4.67. The molecule has 2 aromatic rings. The Morgan fingerprint density at radius 3 is 2.59 bits per heavy atom. The number of carbonyl (C=O) groups is 2. The molecule has 2 amide bonds. The van der Waals surface area contributed by atoms with Gasteiger partial charge in [-0.3, -0.25) is 9.59 Å². The number of hydrogen-bond acceptors (Lipinski definition) is 2. The third-order valence-electron chi connectivity index (χ3n) is 4.69. The van der Waals surface area contributed by atoms with Crippen LogP contribution in [-0.4, -0.2) is 39.0 Å². The molecule has 0 saturated carbocycles. The Labute approximate surface area is 164 Å². The second-order valence-corrected chi connectivity index (χ2v) is 7.57. The molecule has 1 aliphatic heterocycles. The van der Waals surface area contributed by atoms with Crippen LogP contribution in [0.4, 0.5) is 5.69 Å². The van der Waals surface area contributed by atoms with Gasteiger partial charge in [-0.2, -0.15) is 0 Å². The normalized spacial score (nSPS) is 15.3. The van der Waals surface area contributed by atoms with E-state index in [0.29, 0.717) is 29.2 Å². The van der Waals surface area contributed by atoms with Crippen LogP contribution in [0.1, 0.15) is 34.8 Å². The van der Waals surface area contributed by atoms with Crippen LogP contribution >= 0.6 is 11.6 Å². The van der Waals surface area contributed by atoms with Crippen molar-refractivity contribution in [1.82, 2.24) is 5.32 Å². The second-order valence-electron chi connectivity index (χ2n) is 7.16. The molecule has 5 nitrogen and oxygen atoms in total. The molecule has 3 rings (SSSR count). The highest BCUT2D eigenvalue weighted by molar-refractivity contribution is 6.34. The SMILES string of the molecule is C[NH+](C)C[C@@H](NC(=O)c1ccc(Cl)c(N2CCCC2=O)c1)c1ccccc1. The molecule has 0 bridgehead atoms. The minimum Gasteiger partial charge on any atom is -0.340 e. The molecular weight excluding hydrogens is 362 g/mol. The van der Waals surface area contributed by atoms with E-state index in [-0.39, 0.29) is 17.9 Å². The lowest BCUT2D eigenvalue weighted by molar-refractivity contribution is -0.860. The molecule has 27 heavy (non-hydrogen) atoms. The Hall–Kier alpha value is -2.37. The maximum Gasteiger partial charge on any atom is 0.252 e. The molecule has 6 heteroatoms. The first kappa shape index (κ1) is 19.4. The molecule has 142 valence electrons. The number of carbonyl (C=O) groups excluding carboxylic acids is 2. The Bertz CT molecular complexity index is 823. The Kier molecular flexibility index (Phi) is 6.14. The molecule has 1 aliphatic rings. The highest BCUT2D eigenvalue weighted by atomic mass is 35.5. The number of nitrogens with one attached hydrogen (secondary N) is 2. The summed E-state index contributed by atoms with van der Waals surface area (Å²) in [5.41, 5.74) is 2.18. The zero-order chi connectivity index (χ0) is 19.4. The van der Waals surface area contributed by atoms with Crippen molar-refractivity contribution in [2.75, 3.05) is 32.1 Å². The first-order valence-corrected chi connectivity index (χ1v) is 9.58. The fourth-order valence-electron chi connectivity index (χ4n) is 3.35. The molecule has 2 aromatic carbocycles. The summed E-state index contributed by atoms with van der Waals surface area (Å²) in [7, 11) is 4.11. The van der Waals surface area contributed by atoms with Crippen LogP contribution in [-0.2, 0) is 4.79 Å². The first-order valence-electron chi connectivity index (χ1n) is 9.20. The van der Waals surface area contributed by atoms with Crippen LogP contribution in [0.3, 0.4) is 0 Å². The van der Waals surface area contributed by atoms with E-state index in [9.17, 15) is 9.59 Å². The van der Waals surface area contributed by atoms with Gasteiger partial charge in [0.1, 0.15) is 12.6 Å². The summed E-state index contributed by atoms with van der Waals surface area (Å²) < 4.78 is 0. The van der Waals surface area contributed by atoms with E-state index in [1.807, 2.05) is 30.3 Å². The van der Waals surface area contributed by atoms with Crippen LogP contribution in [0.5, 0.6) is 0 Å². The lowest BCUT2D eigenvalue weighted by Gasteiger charge is -2.22. The molecule has 0 radical (unpaired) electrons. The maximum atomic E-state index is 12.9. The average Bonchev–Trinajstić information content (AvgIpc) is 3.07. The van der Waals surface area contributed by atoms with E-state index in [1.54, 1.807) is 23.1 Å². The molecule has 0 unspecified atom stereocenters. The van der Waals surface area contributed by atoms with Gasteiger partial charge in [-0.25, -0.2) is 0 Å². The van der Waals surface area contributed by atoms with Crippen molar-refractivity contribution in [3.05, 3.63) is 64.7 Å². The molecular formula is C21H25ClN3O2+. The predicted molar refractivity (Wildman–Crippen MR) is 107 cm³/mol. The Morgan fingerprint density at radius 1 is 1.22 bits per heavy atom. The van der Waals surface area contributed by atoms with Gasteiger partial charge in [0.15, 0.2) is 0 Å². The van der Waals surface area contributed by atoms with Crippen LogP contribution in [0, 0.1) is 0 Å². The van der Waals surface area contributed by atoms with Crippen molar-refractivity contribution in [3.8, 4) is 0 Å². The van der Waals surface area contributed by atoms with E-state index in [4.69, 9.17) is 11.6 Å². The monoisotopic (exact) mass is 386 g/mol. The number of amides is 2. The molecule has 1 atom stereocenters. The van der Waals surface area contributed by atoms with Crippen LogP contribution in [0.2, 0.25) is 5.02 Å². The largest absolute Gasteiger partial charge is 0.340 e. The third-order valence-corrected chi connectivity index (χ3v) is 5.01. The van der Waals surface area contributed by atoms with E-state index >= 15 is 0 Å². The highest BCUT2D eigenvalue weighted by Gasteiger charge is 2.25. The van der Waals surface area contributed by atoms with Crippen molar-refractivity contribution in [2.24, 2.45) is 0 Å². The van der Waals surface area contributed by atoms with E-state index in [1.165, 1.54) is 4.90 Å². The van der Waals surface area contributed by atoms with Gasteiger partial charge >= 0.3 is 0 Å². The summed E-state index contributed by atoms with van der Waals surface area (Å²) in [5.74, 6) is -0.123. The number of benzene rings is 2. The van der Waals surface area contributed by atoms with Crippen molar-refractivity contribution in [1.29, 1.82) is 0 Å². The van der Waals surface area contributed by atoms with Crippen LogP contribution in [0.15, 0.2) is 48.5 Å². The van der Waals surface area contributed by atoms with Crippen LogP contribution < -0.4 is 15.1 Å². The van der Waals surface area contributed by atoms with E-state index in [0.717, 1.165) is 18.5 Å². The summed E-state index contributed by atoms with van der Waals surface area (Å²) in [5, 5.41) is 3.61. The Morgan fingerprint density at radius 2 is 1.96 bits per heavy atom. The fourth-order valence-corrected chi connectivity index (χ4v) is 3.57. The second kappa shape index (κ2) is 8.55. The highest BCUT2D eigenvalue weighted by Crippen LogP contribution is 2.30. The molecule has 0 spiro atoms. The summed E-state index contributed by atoms with van der Waals surface area (Å²) in [6.07, 6.45) is 1.34. The maximum absolute atomic E-state index is 12.9. The minimum absolute atomic E-state index is 0.0489. The smallest absolute Gasteiger partial charge is 0.252 e. The van der Waals surface area contributed by atoms with Gasteiger partial charge in [-0.05, 0) is 30.2 Å². The van der Waals surface area contributed by atoms with Gasteiger partial charge in [0.2, 0.25) is 5.91 Å². The Balaban J connectivity index is 1.83. The number of likely N-dealkylation sites (N-methyl/N-ethyl adjacent to an activating group) is 1. The zero-order valence-electron chi connectivity index (χ0n) is 15.7. The first-order chi connectivity index (χ1) is 13.0. The number of quaternary nitrogens is 1. The number of anilines is 1. The lowest BCUT2D eigenvalue weighted by Crippen LogP contribution is -3.06. The van der Waals surface area contributed by atoms with Gasteiger partial charge < -0.3 is 15.1 Å². The summed E-state index contributed by atoms with van der Waals surface area (Å²) >= 11 is 6.29. The number of rotatable bonds is 6. The van der Waals surface area contributed by atoms with Crippen molar-refractivity contribution >= 4 is 29.1 Å². The fraction of sp³-hybridized carbons (Fsp3) is 0.333. The lowest BCUT2D eigenvalue weighted by atomic mass is 10.1. The summed E-state index contributed by atoms with van der Waals surface area (Å²) in [6.45, 7) is 1.40. The molecule has 1 heterocycles. The van der Waals surface area contributed by atoms with Crippen molar-refractivity contribution < 1.29 is 14.5 Å². The standard InChI is InChI=1S/C21H24ClN3O2/c1-24(2)14-18(15-7-4-3-5-8-15)23-21(27)16-10-11-17(22)19(13-16)25-12-6-9-20(25)26/h3-5,7-8,10-11,13,18H,6,9,12,14H2,1-2H3,(H,23,27)/p+1/t18-/m1/s1. The minimum atomic E-state index is -0.172. The van der Waals surface area contributed by atoms with Crippen LogP contribution in [0.25, 0.3) is 0 Å². The van der Waals surface area contributed by atoms with Gasteiger partial charge in [0.25, 0.3) is 5.91 Å². The number of halogens is 1. The molecule has 1 saturated heterocycles. The molecule has 0 aromatic heterocycles. The van der Waals surface area contributed by atoms with Gasteiger partial charge in [0.05, 0.1) is 24.8 Å². The van der Waals surface area contributed by atoms with Gasteiger partial charge in [0, 0.05) is 18.5 Å².